The first-order valence-electron chi connectivity index (χ1n) is 15.2. The number of hydrogen-bond donors (Lipinski definition) is 3. The summed E-state index contributed by atoms with van der Waals surface area (Å²) in [6.07, 6.45) is 3.04. The molecule has 1 saturated carbocycles. The van der Waals surface area contributed by atoms with Gasteiger partial charge in [-0.15, -0.1) is 0 Å². The van der Waals surface area contributed by atoms with Gasteiger partial charge in [0.05, 0.1) is 42.0 Å². The number of nitrogens with one attached hydrogen (secondary N) is 1. The van der Waals surface area contributed by atoms with Crippen LogP contribution in [0.3, 0.4) is 0 Å². The number of carbonyl (C=O) groups excluding carboxylic acids is 1. The van der Waals surface area contributed by atoms with E-state index in [4.69, 9.17) is 10.5 Å². The Labute approximate surface area is 264 Å². The minimum atomic E-state index is -1.36. The van der Waals surface area contributed by atoms with Crippen molar-refractivity contribution in [2.45, 2.75) is 25.3 Å². The lowest BCUT2D eigenvalue weighted by atomic mass is 10.1. The van der Waals surface area contributed by atoms with Crippen LogP contribution in [0.15, 0.2) is 40.2 Å². The molecule has 13 nitrogen and oxygen atoms in total. The van der Waals surface area contributed by atoms with E-state index in [0.717, 1.165) is 42.0 Å². The van der Waals surface area contributed by atoms with E-state index < -0.39 is 22.8 Å². The molecule has 242 valence electrons. The number of likely N-dealkylation sites (N-methyl/N-ethyl adjacent to an activating group) is 1. The van der Waals surface area contributed by atoms with E-state index in [0.29, 0.717) is 49.9 Å². The van der Waals surface area contributed by atoms with Gasteiger partial charge in [-0.1, -0.05) is 0 Å². The number of carbonyl (C=O) groups is 2. The second-order valence-corrected chi connectivity index (χ2v) is 12.0. The number of anilines is 1. The van der Waals surface area contributed by atoms with E-state index in [-0.39, 0.29) is 35.2 Å². The second kappa shape index (κ2) is 12.4. The van der Waals surface area contributed by atoms with Crippen LogP contribution in [0.4, 0.5) is 10.1 Å². The summed E-state index contributed by atoms with van der Waals surface area (Å²) < 4.78 is 23.1. The lowest BCUT2D eigenvalue weighted by Gasteiger charge is -2.37. The largest absolute Gasteiger partial charge is 0.492 e. The number of nitrogens with zero attached hydrogens (tertiary/aromatic N) is 6. The maximum atomic E-state index is 15.7. The summed E-state index contributed by atoms with van der Waals surface area (Å²) in [6.45, 7) is 2.73. The third-order valence-electron chi connectivity index (χ3n) is 8.50. The molecule has 6 rings (SSSR count). The quantitative estimate of drug-likeness (QED) is 0.176. The molecule has 3 heterocycles. The highest BCUT2D eigenvalue weighted by molar-refractivity contribution is 6.00. The van der Waals surface area contributed by atoms with Crippen LogP contribution in [-0.2, 0) is 11.2 Å². The van der Waals surface area contributed by atoms with Gasteiger partial charge >= 0.3 is 5.97 Å². The first-order valence-corrected chi connectivity index (χ1v) is 15.2. The number of imidazole rings is 1. The molecule has 2 fully saturated rings. The number of amides is 1. The molecule has 14 heteroatoms. The fourth-order valence-electron chi connectivity index (χ4n) is 5.93. The number of rotatable bonds is 10. The maximum Gasteiger partial charge on any atom is 0.341 e. The molecule has 1 amide bonds. The van der Waals surface area contributed by atoms with Gasteiger partial charge in [0.1, 0.15) is 22.9 Å². The molecule has 0 spiro atoms. The molecule has 1 aliphatic heterocycles. The number of aliphatic imine (C=N–C) groups is 1. The lowest BCUT2D eigenvalue weighted by Crippen LogP contribution is -2.49. The Morgan fingerprint density at radius 1 is 1.20 bits per heavy atom. The minimum absolute atomic E-state index is 0.00582. The zero-order valence-corrected chi connectivity index (χ0v) is 26.0. The summed E-state index contributed by atoms with van der Waals surface area (Å²) in [5, 5.41) is 9.55. The third kappa shape index (κ3) is 5.99. The van der Waals surface area contributed by atoms with Gasteiger partial charge in [-0.3, -0.25) is 14.6 Å². The van der Waals surface area contributed by atoms with Crippen LogP contribution in [0.2, 0.25) is 0 Å². The average molecular weight is 633 g/mol. The molecule has 2 aromatic carbocycles. The number of fused-ring (bicyclic) bond motifs is 2. The van der Waals surface area contributed by atoms with Crippen molar-refractivity contribution < 1.29 is 23.8 Å². The SMILES string of the molecule is COc1c(N2CCN(C(=O)Cc3nc4ccc(C(N)=NCCN(C)C)cc4[nH]3)CC2)c(F)cc2c(=O)c(C(=O)O)cn(C3CC3)c12. The van der Waals surface area contributed by atoms with Crippen molar-refractivity contribution in [3.8, 4) is 5.75 Å². The van der Waals surface area contributed by atoms with Crippen LogP contribution in [0, 0.1) is 5.82 Å². The summed E-state index contributed by atoms with van der Waals surface area (Å²) in [7, 11) is 5.36. The number of benzene rings is 2. The molecule has 0 unspecified atom stereocenters. The Kier molecular flexibility index (Phi) is 8.38. The molecule has 1 aliphatic carbocycles. The second-order valence-electron chi connectivity index (χ2n) is 12.0. The van der Waals surface area contributed by atoms with Gasteiger partial charge < -0.3 is 39.8 Å². The number of methoxy groups -OCH3 is 1. The average Bonchev–Trinajstić information content (AvgIpc) is 3.79. The van der Waals surface area contributed by atoms with Crippen molar-refractivity contribution in [3.05, 3.63) is 63.5 Å². The van der Waals surface area contributed by atoms with Crippen molar-refractivity contribution in [3.63, 3.8) is 0 Å². The number of H-pyrrole nitrogens is 1. The number of piperazine rings is 1. The number of amidine groups is 1. The highest BCUT2D eigenvalue weighted by atomic mass is 19.1. The number of pyridine rings is 1. The van der Waals surface area contributed by atoms with Crippen molar-refractivity contribution in [2.24, 2.45) is 10.7 Å². The number of carboxylic acid groups (broad SMARTS) is 1. The third-order valence-corrected chi connectivity index (χ3v) is 8.50. The molecule has 2 aliphatic rings. The molecule has 0 radical (unpaired) electrons. The number of nitrogens with two attached hydrogens (primary N) is 1. The van der Waals surface area contributed by atoms with Crippen LogP contribution < -0.4 is 20.8 Å². The van der Waals surface area contributed by atoms with Crippen molar-refractivity contribution in [2.75, 3.05) is 65.4 Å². The summed E-state index contributed by atoms with van der Waals surface area (Å²) in [6, 6.07) is 6.69. The molecular weight excluding hydrogens is 595 g/mol. The van der Waals surface area contributed by atoms with E-state index >= 15 is 4.39 Å². The monoisotopic (exact) mass is 632 g/mol. The van der Waals surface area contributed by atoms with Gasteiger partial charge in [0, 0.05) is 50.5 Å². The predicted octanol–water partition coefficient (Wildman–Crippen LogP) is 2.22. The molecule has 4 N–H and O–H groups in total. The normalized spacial score (nSPS) is 15.7. The van der Waals surface area contributed by atoms with Crippen LogP contribution >= 0.6 is 0 Å². The molecular formula is C32H37FN8O5. The highest BCUT2D eigenvalue weighted by Crippen LogP contribution is 2.43. The first-order chi connectivity index (χ1) is 22.0. The smallest absolute Gasteiger partial charge is 0.341 e. The Bertz CT molecular complexity index is 1920. The van der Waals surface area contributed by atoms with Gasteiger partial charge in [0.15, 0.2) is 11.6 Å². The molecule has 2 aromatic heterocycles. The Hall–Kier alpha value is -4.98. The Morgan fingerprint density at radius 3 is 2.59 bits per heavy atom. The standard InChI is InChI=1S/C32H37FN8O5/c1-38(2)9-8-35-31(34)18-4-7-23-24(14-18)37-25(36-23)16-26(42)39-10-12-40(13-11-39)28-22(33)15-20-27(30(28)46-3)41(19-5-6-19)17-21(29(20)43)32(44)45/h4,7,14-15,17,19H,5-6,8-13,16H2,1-3H3,(H2,34,35)(H,36,37)(H,44,45). The van der Waals surface area contributed by atoms with E-state index in [2.05, 4.69) is 15.0 Å². The zero-order chi connectivity index (χ0) is 32.7. The van der Waals surface area contributed by atoms with Crippen molar-refractivity contribution in [1.82, 2.24) is 24.3 Å². The maximum absolute atomic E-state index is 15.7. The summed E-state index contributed by atoms with van der Waals surface area (Å²) in [4.78, 5) is 55.8. The minimum Gasteiger partial charge on any atom is -0.492 e. The van der Waals surface area contributed by atoms with Gasteiger partial charge in [-0.2, -0.15) is 0 Å². The zero-order valence-electron chi connectivity index (χ0n) is 26.0. The van der Waals surface area contributed by atoms with E-state index in [9.17, 15) is 19.5 Å². The topological polar surface area (TPSA) is 162 Å². The Morgan fingerprint density at radius 2 is 1.93 bits per heavy atom. The number of ether oxygens (including phenoxy) is 1. The van der Waals surface area contributed by atoms with E-state index in [1.165, 1.54) is 13.3 Å². The molecule has 46 heavy (non-hydrogen) atoms. The molecule has 4 aromatic rings. The van der Waals surface area contributed by atoms with Gasteiger partial charge in [-0.25, -0.2) is 14.2 Å². The van der Waals surface area contributed by atoms with Gasteiger partial charge in [-0.05, 0) is 51.2 Å². The number of aromatic carboxylic acids is 1. The number of carboxylic acids is 1. The van der Waals surface area contributed by atoms with E-state index in [1.54, 1.807) is 14.4 Å². The summed E-state index contributed by atoms with van der Waals surface area (Å²) in [5.74, 6) is -1.00. The number of aromatic nitrogens is 3. The number of hydrogen-bond acceptors (Lipinski definition) is 8. The van der Waals surface area contributed by atoms with Gasteiger partial charge in [0.25, 0.3) is 0 Å². The highest BCUT2D eigenvalue weighted by Gasteiger charge is 2.32. The Balaban J connectivity index is 1.18. The predicted molar refractivity (Wildman–Crippen MR) is 173 cm³/mol. The molecule has 0 bridgehead atoms. The molecule has 1 saturated heterocycles. The fourth-order valence-corrected chi connectivity index (χ4v) is 5.93. The van der Waals surface area contributed by atoms with Gasteiger partial charge in [0.2, 0.25) is 11.3 Å². The molecule has 0 atom stereocenters. The van der Waals surface area contributed by atoms with Crippen LogP contribution in [0.25, 0.3) is 21.9 Å². The van der Waals surface area contributed by atoms with E-state index in [1.807, 2.05) is 37.2 Å². The number of aromatic amines is 1. The summed E-state index contributed by atoms with van der Waals surface area (Å²) in [5.41, 5.74) is 7.84. The summed E-state index contributed by atoms with van der Waals surface area (Å²) >= 11 is 0. The van der Waals surface area contributed by atoms with Crippen molar-refractivity contribution >= 4 is 45.3 Å². The lowest BCUT2D eigenvalue weighted by molar-refractivity contribution is -0.130. The van der Waals surface area contributed by atoms with Crippen LogP contribution in [-0.4, -0.2) is 108 Å². The first kappa shape index (κ1) is 31.0. The van der Waals surface area contributed by atoms with Crippen molar-refractivity contribution in [1.29, 1.82) is 0 Å². The number of halogens is 1. The fraction of sp³-hybridized carbons (Fsp3) is 0.406. The van der Waals surface area contributed by atoms with Crippen LogP contribution in [0.1, 0.15) is 40.6 Å². The van der Waals surface area contributed by atoms with Crippen LogP contribution in [0.5, 0.6) is 5.75 Å².